The predicted molar refractivity (Wildman–Crippen MR) is 239 cm³/mol. The Hall–Kier alpha value is -5.55. The van der Waals surface area contributed by atoms with Gasteiger partial charge < -0.3 is 81.3 Å². The lowest BCUT2D eigenvalue weighted by Crippen LogP contribution is -2.68. The van der Waals surface area contributed by atoms with Crippen molar-refractivity contribution in [3.05, 3.63) is 71.1 Å². The van der Waals surface area contributed by atoms with Crippen molar-refractivity contribution in [1.29, 1.82) is 0 Å². The van der Waals surface area contributed by atoms with Crippen molar-refractivity contribution < 1.29 is 68.5 Å². The molecule has 13 N–H and O–H groups in total. The minimum atomic E-state index is -2.63. The summed E-state index contributed by atoms with van der Waals surface area (Å²) in [6, 6.07) is 9.55. The maximum atomic E-state index is 13.4. The minimum absolute atomic E-state index is 0.0147. The van der Waals surface area contributed by atoms with Gasteiger partial charge in [-0.3, -0.25) is 9.59 Å². The second kappa shape index (κ2) is 26.0. The Balaban J connectivity index is 1.44. The monoisotopic (exact) mass is 929 g/mol. The number of nitrogens with zero attached hydrogens (tertiary/aromatic N) is 1. The number of ether oxygens (including phenoxy) is 4. The van der Waals surface area contributed by atoms with Gasteiger partial charge >= 0.3 is 12.1 Å². The number of carbonyl (C=O) groups is 5. The molecule has 2 fully saturated rings. The number of nitrogens with two attached hydrogens (primary N) is 2. The number of amides is 3. The number of alkyl carbamates (subject to hydrolysis) is 1. The molecular weight excluding hydrogens is 863 g/mol. The number of benzene rings is 2. The Kier molecular flexibility index (Phi) is 20.9. The molecule has 3 amide bonds. The van der Waals surface area contributed by atoms with Crippen LogP contribution >= 0.6 is 0 Å². The number of aliphatic hydroxyl groups is 3. The number of hydrogen-bond donors (Lipinski definition) is 11. The number of carboxylic acid groups (broad SMARTS) is 1. The van der Waals surface area contributed by atoms with E-state index in [-0.39, 0.29) is 55.2 Å². The molecule has 1 aliphatic carbocycles. The number of carboxylic acids is 1. The van der Waals surface area contributed by atoms with Gasteiger partial charge in [0.05, 0.1) is 49.8 Å². The summed E-state index contributed by atoms with van der Waals surface area (Å²) in [7, 11) is 0. The van der Waals surface area contributed by atoms with Crippen LogP contribution in [0.15, 0.2) is 54.4 Å². The quantitative estimate of drug-likeness (QED) is 0.0218. The SMILES string of the molecule is CC[C@H](C)[C@@H](C=O)Nc1cc(C(=O)NC[C@@H](O)[C@@H](O)C2O[C@@](OCCOCCNC(=O)OCc3ccccc3)(C(=O)O)C[C@H](O)[C@H]2NC(=O)CN(N)/C=C(\N)C2CCCCC2)cc(C)c1O. The van der Waals surface area contributed by atoms with E-state index in [2.05, 4.69) is 21.3 Å². The average molecular weight is 930 g/mol. The maximum absolute atomic E-state index is 13.4. The molecule has 4 rings (SSSR count). The average Bonchev–Trinajstić information content (AvgIpc) is 3.30. The molecule has 2 aromatic rings. The number of rotatable bonds is 25. The molecule has 1 saturated heterocycles. The van der Waals surface area contributed by atoms with Crippen LogP contribution in [0.25, 0.3) is 0 Å². The van der Waals surface area contributed by atoms with E-state index in [0.717, 1.165) is 42.7 Å². The molecule has 1 heterocycles. The van der Waals surface area contributed by atoms with Crippen molar-refractivity contribution in [2.75, 3.05) is 44.8 Å². The van der Waals surface area contributed by atoms with Crippen molar-refractivity contribution in [3.63, 3.8) is 0 Å². The van der Waals surface area contributed by atoms with E-state index in [0.29, 0.717) is 24.0 Å². The molecule has 0 aromatic heterocycles. The van der Waals surface area contributed by atoms with E-state index in [1.807, 2.05) is 32.0 Å². The van der Waals surface area contributed by atoms with E-state index in [9.17, 15) is 49.5 Å². The number of aryl methyl sites for hydroxylation is 1. The second-order valence-electron chi connectivity index (χ2n) is 16.7. The van der Waals surface area contributed by atoms with Gasteiger partial charge in [-0.05, 0) is 54.9 Å². The fourth-order valence-electron chi connectivity index (χ4n) is 7.66. The van der Waals surface area contributed by atoms with E-state index in [1.165, 1.54) is 18.3 Å². The van der Waals surface area contributed by atoms with Crippen molar-refractivity contribution in [2.45, 2.75) is 115 Å². The number of hydrazine groups is 1. The second-order valence-corrected chi connectivity index (χ2v) is 16.7. The van der Waals surface area contributed by atoms with Gasteiger partial charge in [-0.2, -0.15) is 0 Å². The number of hydrogen-bond acceptors (Lipinski definition) is 17. The molecule has 21 heteroatoms. The summed E-state index contributed by atoms with van der Waals surface area (Å²) < 4.78 is 22.2. The van der Waals surface area contributed by atoms with Gasteiger partial charge in [-0.15, -0.1) is 0 Å². The standard InChI is InChI=1S/C45H67N7O14/c1-4-27(2)34(25-53)50-33-20-31(19-28(3)39(33)57)42(59)49-22-36(55)40(58)41-38(51-37(56)24-52(47)23-32(46)30-13-9-6-10-14-30)35(54)21-45(66-41,43(60)61)65-18-17-63-16-15-48-44(62)64-26-29-11-7-5-8-12-29/h5,7-8,11-12,19-20,23,25,27,30,34-36,38,40-41,50,54-55,57-58H,4,6,9-10,13-18,21-22,24,26,46-47H2,1-3H3,(H,48,62)(H,49,59)(H,51,56)(H,60,61)/b32-23-/t27-,34+,35-,36+,38+,40+,41?,45+/m0/s1. The first-order chi connectivity index (χ1) is 31.5. The van der Waals surface area contributed by atoms with Gasteiger partial charge in [0.25, 0.3) is 11.7 Å². The zero-order valence-corrected chi connectivity index (χ0v) is 37.7. The number of nitrogens with one attached hydrogen (secondary N) is 4. The van der Waals surface area contributed by atoms with Crippen LogP contribution in [0.5, 0.6) is 5.75 Å². The van der Waals surface area contributed by atoms with E-state index < -0.39 is 92.3 Å². The number of phenols is 1. The summed E-state index contributed by atoms with van der Waals surface area (Å²) in [5.74, 6) is 0.0790. The normalized spacial score (nSPS) is 21.9. The van der Waals surface area contributed by atoms with Crippen molar-refractivity contribution in [2.24, 2.45) is 23.4 Å². The van der Waals surface area contributed by atoms with Crippen LogP contribution in [0.4, 0.5) is 10.5 Å². The summed E-state index contributed by atoms with van der Waals surface area (Å²) in [6.07, 6.45) is -1.31. The summed E-state index contributed by atoms with van der Waals surface area (Å²) in [5, 5.41) is 67.0. The van der Waals surface area contributed by atoms with E-state index >= 15 is 0 Å². The molecule has 2 aromatic carbocycles. The summed E-state index contributed by atoms with van der Waals surface area (Å²) in [5.41, 5.74) is 8.03. The van der Waals surface area contributed by atoms with Gasteiger partial charge in [0.2, 0.25) is 5.91 Å². The topological polar surface area (TPSA) is 327 Å². The lowest BCUT2D eigenvalue weighted by atomic mass is 9.87. The highest BCUT2D eigenvalue weighted by atomic mass is 16.7. The van der Waals surface area contributed by atoms with E-state index in [4.69, 9.17) is 30.5 Å². The first-order valence-corrected chi connectivity index (χ1v) is 22.2. The van der Waals surface area contributed by atoms with Crippen molar-refractivity contribution >= 4 is 35.9 Å². The Morgan fingerprint density at radius 2 is 1.76 bits per heavy atom. The lowest BCUT2D eigenvalue weighted by molar-refractivity contribution is -0.312. The molecule has 2 aliphatic rings. The van der Waals surface area contributed by atoms with Gasteiger partial charge in [0, 0.05) is 37.0 Å². The van der Waals surface area contributed by atoms with Gasteiger partial charge in [0.1, 0.15) is 37.4 Å². The van der Waals surface area contributed by atoms with Gasteiger partial charge in [-0.25, -0.2) is 15.4 Å². The lowest BCUT2D eigenvalue weighted by Gasteiger charge is -2.46. The molecule has 0 radical (unpaired) electrons. The largest absolute Gasteiger partial charge is 0.506 e. The summed E-state index contributed by atoms with van der Waals surface area (Å²) >= 11 is 0. The zero-order valence-electron chi connectivity index (χ0n) is 37.7. The number of phenolic OH excluding ortho intramolecular Hbond substituents is 1. The Labute approximate surface area is 384 Å². The molecule has 1 saturated carbocycles. The fraction of sp³-hybridized carbons (Fsp3) is 0.578. The van der Waals surface area contributed by atoms with Crippen LogP contribution in [0, 0.1) is 18.8 Å². The van der Waals surface area contributed by atoms with Gasteiger partial charge in [0.15, 0.2) is 0 Å². The highest BCUT2D eigenvalue weighted by molar-refractivity contribution is 5.96. The number of aromatic hydroxyl groups is 1. The van der Waals surface area contributed by atoms with Gasteiger partial charge in [-0.1, -0.05) is 69.9 Å². The van der Waals surface area contributed by atoms with Crippen LogP contribution in [0.3, 0.4) is 0 Å². The third kappa shape index (κ3) is 15.5. The first-order valence-electron chi connectivity index (χ1n) is 22.2. The third-order valence-corrected chi connectivity index (χ3v) is 11.7. The maximum Gasteiger partial charge on any atom is 0.407 e. The van der Waals surface area contributed by atoms with Crippen molar-refractivity contribution in [1.82, 2.24) is 21.0 Å². The molecule has 66 heavy (non-hydrogen) atoms. The predicted octanol–water partition coefficient (Wildman–Crippen LogP) is 1.11. The van der Waals surface area contributed by atoms with Crippen LogP contribution < -0.4 is 32.8 Å². The molecule has 21 nitrogen and oxygen atoms in total. The number of allylic oxidation sites excluding steroid dienone is 1. The molecule has 8 atom stereocenters. The minimum Gasteiger partial charge on any atom is -0.506 e. The molecule has 1 unspecified atom stereocenters. The highest BCUT2D eigenvalue weighted by Crippen LogP contribution is 2.34. The third-order valence-electron chi connectivity index (χ3n) is 11.7. The number of aliphatic carboxylic acids is 1. The molecule has 366 valence electrons. The number of carbonyl (C=O) groups excluding carboxylic acids is 4. The summed E-state index contributed by atoms with van der Waals surface area (Å²) in [6.45, 7) is 3.66. The fourth-order valence-corrected chi connectivity index (χ4v) is 7.66. The van der Waals surface area contributed by atoms with Crippen LogP contribution in [0.1, 0.15) is 80.3 Å². The Morgan fingerprint density at radius 3 is 2.42 bits per heavy atom. The molecular formula is C45H67N7O14. The molecule has 0 spiro atoms. The smallest absolute Gasteiger partial charge is 0.407 e. The highest BCUT2D eigenvalue weighted by Gasteiger charge is 2.56. The van der Waals surface area contributed by atoms with Crippen LogP contribution in [0.2, 0.25) is 0 Å². The summed E-state index contributed by atoms with van der Waals surface area (Å²) in [4.78, 5) is 63.4. The molecule has 0 bridgehead atoms. The Bertz CT molecular complexity index is 1940. The number of anilines is 1. The first kappa shape index (κ1) is 53.1. The van der Waals surface area contributed by atoms with Crippen LogP contribution in [-0.4, -0.2) is 142 Å². The van der Waals surface area contributed by atoms with Crippen molar-refractivity contribution in [3.8, 4) is 5.75 Å². The van der Waals surface area contributed by atoms with E-state index in [1.54, 1.807) is 19.1 Å². The molecule has 1 aliphatic heterocycles. The number of aliphatic hydroxyl groups excluding tert-OH is 3. The number of aldehydes is 1. The Morgan fingerprint density at radius 1 is 1.05 bits per heavy atom. The van der Waals surface area contributed by atoms with Crippen LogP contribution in [-0.2, 0) is 39.9 Å². The zero-order chi connectivity index (χ0) is 48.4.